The fourth-order valence-electron chi connectivity index (χ4n) is 3.87. The zero-order valence-electron chi connectivity index (χ0n) is 18.6. The van der Waals surface area contributed by atoms with Crippen LogP contribution in [0.1, 0.15) is 61.7 Å². The molecule has 1 aliphatic rings. The van der Waals surface area contributed by atoms with Gasteiger partial charge in [-0.2, -0.15) is 0 Å². The molecule has 1 saturated heterocycles. The lowest BCUT2D eigenvalue weighted by molar-refractivity contribution is 0.0724. The SMILES string of the molecule is Cc1ccc(C(=O)NCc2cccc(C(=O)N3CCCCC3)c2)cc1NC(=O)c1ccco1. The Morgan fingerprint density at radius 2 is 1.73 bits per heavy atom. The number of likely N-dealkylation sites (tertiary alicyclic amines) is 1. The second kappa shape index (κ2) is 10.2. The molecule has 1 fully saturated rings. The molecule has 7 nitrogen and oxygen atoms in total. The molecule has 7 heteroatoms. The second-order valence-electron chi connectivity index (χ2n) is 8.20. The third-order valence-electron chi connectivity index (χ3n) is 5.76. The number of aryl methyl sites for hydroxylation is 1. The van der Waals surface area contributed by atoms with E-state index >= 15 is 0 Å². The number of furan rings is 1. The average molecular weight is 446 g/mol. The van der Waals surface area contributed by atoms with Gasteiger partial charge in [-0.1, -0.05) is 18.2 Å². The van der Waals surface area contributed by atoms with Gasteiger partial charge in [0.15, 0.2) is 5.76 Å². The van der Waals surface area contributed by atoms with Crippen molar-refractivity contribution in [1.82, 2.24) is 10.2 Å². The molecule has 0 unspecified atom stereocenters. The normalized spacial score (nSPS) is 13.4. The fraction of sp³-hybridized carbons (Fsp3) is 0.269. The van der Waals surface area contributed by atoms with Gasteiger partial charge in [-0.25, -0.2) is 0 Å². The molecule has 0 saturated carbocycles. The van der Waals surface area contributed by atoms with E-state index in [0.29, 0.717) is 23.4 Å². The minimum Gasteiger partial charge on any atom is -0.459 e. The molecule has 0 aliphatic carbocycles. The molecule has 3 aromatic rings. The monoisotopic (exact) mass is 445 g/mol. The first-order valence-corrected chi connectivity index (χ1v) is 11.1. The predicted octanol–water partition coefficient (Wildman–Crippen LogP) is 4.40. The van der Waals surface area contributed by atoms with Crippen LogP contribution in [0.15, 0.2) is 65.3 Å². The van der Waals surface area contributed by atoms with Gasteiger partial charge in [0.2, 0.25) is 0 Å². The van der Waals surface area contributed by atoms with Gasteiger partial charge in [0.05, 0.1) is 6.26 Å². The number of carbonyl (C=O) groups is 3. The minimum atomic E-state index is -0.379. The number of amides is 3. The number of piperidine rings is 1. The highest BCUT2D eigenvalue weighted by Gasteiger charge is 2.18. The standard InChI is InChI=1S/C26H27N3O4/c1-18-10-11-20(16-22(18)28-25(31)23-9-6-14-33-23)24(30)27-17-19-7-5-8-21(15-19)26(32)29-12-3-2-4-13-29/h5-11,14-16H,2-4,12-13,17H2,1H3,(H,27,30)(H,28,31). The Morgan fingerprint density at radius 3 is 2.48 bits per heavy atom. The Hall–Kier alpha value is -3.87. The number of benzene rings is 2. The van der Waals surface area contributed by atoms with E-state index in [2.05, 4.69) is 10.6 Å². The summed E-state index contributed by atoms with van der Waals surface area (Å²) in [6.07, 6.45) is 4.69. The molecular formula is C26H27N3O4. The van der Waals surface area contributed by atoms with Crippen molar-refractivity contribution in [2.45, 2.75) is 32.7 Å². The molecule has 33 heavy (non-hydrogen) atoms. The summed E-state index contributed by atoms with van der Waals surface area (Å²) in [5, 5.41) is 5.67. The van der Waals surface area contributed by atoms with Crippen LogP contribution in [0.3, 0.4) is 0 Å². The summed E-state index contributed by atoms with van der Waals surface area (Å²) >= 11 is 0. The van der Waals surface area contributed by atoms with Crippen LogP contribution >= 0.6 is 0 Å². The zero-order chi connectivity index (χ0) is 23.2. The van der Waals surface area contributed by atoms with Crippen molar-refractivity contribution >= 4 is 23.4 Å². The first-order valence-electron chi connectivity index (χ1n) is 11.1. The maximum Gasteiger partial charge on any atom is 0.291 e. The smallest absolute Gasteiger partial charge is 0.291 e. The topological polar surface area (TPSA) is 91.7 Å². The highest BCUT2D eigenvalue weighted by Crippen LogP contribution is 2.19. The van der Waals surface area contributed by atoms with Crippen LogP contribution in [0.25, 0.3) is 0 Å². The van der Waals surface area contributed by atoms with E-state index in [1.165, 1.54) is 12.7 Å². The van der Waals surface area contributed by atoms with Crippen LogP contribution in [-0.4, -0.2) is 35.7 Å². The van der Waals surface area contributed by atoms with E-state index in [4.69, 9.17) is 4.42 Å². The number of hydrogen-bond acceptors (Lipinski definition) is 4. The Bertz CT molecular complexity index is 1150. The number of nitrogens with zero attached hydrogens (tertiary/aromatic N) is 1. The molecule has 2 aromatic carbocycles. The molecule has 1 aliphatic heterocycles. The minimum absolute atomic E-state index is 0.0401. The molecule has 4 rings (SSSR count). The van der Waals surface area contributed by atoms with E-state index < -0.39 is 0 Å². The summed E-state index contributed by atoms with van der Waals surface area (Å²) in [6.45, 7) is 3.74. The summed E-state index contributed by atoms with van der Waals surface area (Å²) in [4.78, 5) is 39.7. The van der Waals surface area contributed by atoms with E-state index in [1.807, 2.05) is 36.1 Å². The molecule has 0 atom stereocenters. The third-order valence-corrected chi connectivity index (χ3v) is 5.76. The van der Waals surface area contributed by atoms with Gasteiger partial charge in [-0.15, -0.1) is 0 Å². The number of carbonyl (C=O) groups excluding carboxylic acids is 3. The molecule has 0 bridgehead atoms. The maximum absolute atomic E-state index is 12.8. The number of hydrogen-bond donors (Lipinski definition) is 2. The van der Waals surface area contributed by atoms with Crippen LogP contribution in [0.2, 0.25) is 0 Å². The largest absolute Gasteiger partial charge is 0.459 e. The van der Waals surface area contributed by atoms with E-state index in [0.717, 1.165) is 37.1 Å². The maximum atomic E-state index is 12.8. The van der Waals surface area contributed by atoms with E-state index in [9.17, 15) is 14.4 Å². The number of rotatable bonds is 6. The summed E-state index contributed by atoms with van der Waals surface area (Å²) < 4.78 is 5.12. The zero-order valence-corrected chi connectivity index (χ0v) is 18.6. The van der Waals surface area contributed by atoms with Crippen molar-refractivity contribution in [3.05, 3.63) is 88.9 Å². The van der Waals surface area contributed by atoms with Crippen LogP contribution in [0.5, 0.6) is 0 Å². The third kappa shape index (κ3) is 5.49. The lowest BCUT2D eigenvalue weighted by Gasteiger charge is -2.26. The fourth-order valence-corrected chi connectivity index (χ4v) is 3.87. The van der Waals surface area contributed by atoms with Crippen molar-refractivity contribution in [3.63, 3.8) is 0 Å². The van der Waals surface area contributed by atoms with Crippen molar-refractivity contribution in [2.75, 3.05) is 18.4 Å². The molecule has 170 valence electrons. The van der Waals surface area contributed by atoms with Gasteiger partial charge >= 0.3 is 0 Å². The average Bonchev–Trinajstić information content (AvgIpc) is 3.39. The van der Waals surface area contributed by atoms with Gasteiger partial charge < -0.3 is 20.0 Å². The Kier molecular flexibility index (Phi) is 6.88. The van der Waals surface area contributed by atoms with E-state index in [1.54, 1.807) is 30.3 Å². The molecule has 0 spiro atoms. The summed E-state index contributed by atoms with van der Waals surface area (Å²) in [7, 11) is 0. The highest BCUT2D eigenvalue weighted by atomic mass is 16.3. The molecule has 2 N–H and O–H groups in total. The first-order chi connectivity index (χ1) is 16.0. The molecule has 2 heterocycles. The lowest BCUT2D eigenvalue weighted by Crippen LogP contribution is -2.35. The van der Waals surface area contributed by atoms with Gasteiger partial charge in [0.1, 0.15) is 0 Å². The Morgan fingerprint density at radius 1 is 0.909 bits per heavy atom. The lowest BCUT2D eigenvalue weighted by atomic mass is 10.1. The van der Waals surface area contributed by atoms with Gasteiger partial charge in [0, 0.05) is 36.4 Å². The molecule has 3 amide bonds. The Labute approximate surface area is 192 Å². The molecule has 1 aromatic heterocycles. The summed E-state index contributed by atoms with van der Waals surface area (Å²) in [5.41, 5.74) is 3.29. The highest BCUT2D eigenvalue weighted by molar-refractivity contribution is 6.04. The Balaban J connectivity index is 1.39. The first kappa shape index (κ1) is 22.3. The van der Waals surface area contributed by atoms with Crippen molar-refractivity contribution < 1.29 is 18.8 Å². The van der Waals surface area contributed by atoms with Crippen LogP contribution in [-0.2, 0) is 6.54 Å². The van der Waals surface area contributed by atoms with Gasteiger partial charge in [-0.05, 0) is 73.7 Å². The number of nitrogens with one attached hydrogen (secondary N) is 2. The molecule has 0 radical (unpaired) electrons. The molecular weight excluding hydrogens is 418 g/mol. The van der Waals surface area contributed by atoms with Crippen LogP contribution in [0, 0.1) is 6.92 Å². The summed E-state index contributed by atoms with van der Waals surface area (Å²) in [5.74, 6) is -0.409. The van der Waals surface area contributed by atoms with Gasteiger partial charge in [-0.3, -0.25) is 14.4 Å². The van der Waals surface area contributed by atoms with Crippen LogP contribution in [0.4, 0.5) is 5.69 Å². The predicted molar refractivity (Wildman–Crippen MR) is 125 cm³/mol. The number of anilines is 1. The second-order valence-corrected chi connectivity index (χ2v) is 8.20. The van der Waals surface area contributed by atoms with Crippen molar-refractivity contribution in [1.29, 1.82) is 0 Å². The van der Waals surface area contributed by atoms with E-state index in [-0.39, 0.29) is 23.5 Å². The van der Waals surface area contributed by atoms with Gasteiger partial charge in [0.25, 0.3) is 17.7 Å². The van der Waals surface area contributed by atoms with Crippen LogP contribution < -0.4 is 10.6 Å². The summed E-state index contributed by atoms with van der Waals surface area (Å²) in [6, 6.07) is 15.7. The quantitative estimate of drug-likeness (QED) is 0.588. The van der Waals surface area contributed by atoms with Crippen molar-refractivity contribution in [2.24, 2.45) is 0 Å². The van der Waals surface area contributed by atoms with Crippen molar-refractivity contribution in [3.8, 4) is 0 Å².